The van der Waals surface area contributed by atoms with Crippen LogP contribution in [-0.4, -0.2) is 59.2 Å². The molecule has 0 spiro atoms. The standard InChI is InChI=1S/C16H22N4O2/c1-11-7-17-16(18-8-11)20-9-12-6-13(14(10-20)22-12)15(21)19-4-2-3-5-19/h7-8,12-14H,2-6,9-10H2,1H3. The second-order valence-electron chi connectivity index (χ2n) is 6.64. The van der Waals surface area contributed by atoms with Crippen molar-refractivity contribution < 1.29 is 9.53 Å². The quantitative estimate of drug-likeness (QED) is 0.816. The fraction of sp³-hybridized carbons (Fsp3) is 0.688. The van der Waals surface area contributed by atoms with Gasteiger partial charge in [0.1, 0.15) is 0 Å². The highest BCUT2D eigenvalue weighted by Crippen LogP contribution is 2.34. The van der Waals surface area contributed by atoms with Crippen LogP contribution in [-0.2, 0) is 9.53 Å². The van der Waals surface area contributed by atoms with Crippen molar-refractivity contribution in [2.75, 3.05) is 31.1 Å². The molecule has 3 atom stereocenters. The Labute approximate surface area is 130 Å². The highest BCUT2D eigenvalue weighted by atomic mass is 16.5. The maximum Gasteiger partial charge on any atom is 0.228 e. The summed E-state index contributed by atoms with van der Waals surface area (Å²) in [6.45, 7) is 5.31. The molecule has 0 N–H and O–H groups in total. The molecule has 6 nitrogen and oxygen atoms in total. The molecule has 3 aliphatic rings. The minimum atomic E-state index is -0.0169. The maximum absolute atomic E-state index is 12.7. The Morgan fingerprint density at radius 2 is 1.95 bits per heavy atom. The average Bonchev–Trinajstić information content (AvgIpc) is 3.15. The van der Waals surface area contributed by atoms with E-state index >= 15 is 0 Å². The number of aromatic nitrogens is 2. The van der Waals surface area contributed by atoms with Crippen LogP contribution in [0.5, 0.6) is 0 Å². The van der Waals surface area contributed by atoms with E-state index in [-0.39, 0.29) is 24.0 Å². The Balaban J connectivity index is 1.47. The number of fused-ring (bicyclic) bond motifs is 2. The number of rotatable bonds is 2. The molecular formula is C16H22N4O2. The summed E-state index contributed by atoms with van der Waals surface area (Å²) in [6.07, 6.45) is 6.89. The Morgan fingerprint density at radius 3 is 2.68 bits per heavy atom. The fourth-order valence-electron chi connectivity index (χ4n) is 3.80. The van der Waals surface area contributed by atoms with Crippen LogP contribution in [0.3, 0.4) is 0 Å². The van der Waals surface area contributed by atoms with E-state index in [4.69, 9.17) is 4.74 Å². The molecule has 2 bridgehead atoms. The van der Waals surface area contributed by atoms with Gasteiger partial charge in [0.25, 0.3) is 0 Å². The Kier molecular flexibility index (Phi) is 3.48. The molecule has 1 aromatic rings. The number of ether oxygens (including phenoxy) is 1. The van der Waals surface area contributed by atoms with Crippen LogP contribution in [0.1, 0.15) is 24.8 Å². The van der Waals surface area contributed by atoms with E-state index in [2.05, 4.69) is 14.9 Å². The van der Waals surface area contributed by atoms with Crippen LogP contribution in [0.25, 0.3) is 0 Å². The lowest BCUT2D eigenvalue weighted by Gasteiger charge is -2.33. The predicted molar refractivity (Wildman–Crippen MR) is 81.6 cm³/mol. The molecule has 0 aromatic carbocycles. The monoisotopic (exact) mass is 302 g/mol. The van der Waals surface area contributed by atoms with Gasteiger partial charge in [-0.15, -0.1) is 0 Å². The molecule has 0 saturated carbocycles. The summed E-state index contributed by atoms with van der Waals surface area (Å²) < 4.78 is 6.02. The van der Waals surface area contributed by atoms with E-state index in [0.29, 0.717) is 6.54 Å². The number of carbonyl (C=O) groups is 1. The van der Waals surface area contributed by atoms with Crippen molar-refractivity contribution in [2.24, 2.45) is 5.92 Å². The largest absolute Gasteiger partial charge is 0.370 e. The number of hydrogen-bond acceptors (Lipinski definition) is 5. The summed E-state index contributed by atoms with van der Waals surface area (Å²) in [5.74, 6) is 1.05. The van der Waals surface area contributed by atoms with Gasteiger partial charge in [-0.2, -0.15) is 0 Å². The number of hydrogen-bond donors (Lipinski definition) is 0. The van der Waals surface area contributed by atoms with Crippen LogP contribution >= 0.6 is 0 Å². The highest BCUT2D eigenvalue weighted by molar-refractivity contribution is 5.80. The average molecular weight is 302 g/mol. The Bertz CT molecular complexity index is 556. The molecular weight excluding hydrogens is 280 g/mol. The third-order valence-electron chi connectivity index (χ3n) is 4.94. The first-order valence-electron chi connectivity index (χ1n) is 8.18. The summed E-state index contributed by atoms with van der Waals surface area (Å²) in [6, 6.07) is 0. The molecule has 118 valence electrons. The Hall–Kier alpha value is -1.69. The van der Waals surface area contributed by atoms with Gasteiger partial charge in [-0.3, -0.25) is 4.79 Å². The number of likely N-dealkylation sites (tertiary alicyclic amines) is 1. The topological polar surface area (TPSA) is 58.6 Å². The number of amides is 1. The third kappa shape index (κ3) is 2.45. The van der Waals surface area contributed by atoms with E-state index in [0.717, 1.165) is 50.4 Å². The molecule has 0 aliphatic carbocycles. The molecule has 1 aromatic heterocycles. The molecule has 22 heavy (non-hydrogen) atoms. The van der Waals surface area contributed by atoms with Crippen molar-refractivity contribution in [3.63, 3.8) is 0 Å². The molecule has 4 heterocycles. The SMILES string of the molecule is Cc1cnc(N2CC3CC(C(=O)N4CCCC4)C(C2)O3)nc1. The predicted octanol–water partition coefficient (Wildman–Crippen LogP) is 1.00. The molecule has 3 saturated heterocycles. The van der Waals surface area contributed by atoms with Crippen LogP contribution in [0.2, 0.25) is 0 Å². The molecule has 0 radical (unpaired) electrons. The van der Waals surface area contributed by atoms with E-state index < -0.39 is 0 Å². The maximum atomic E-state index is 12.7. The van der Waals surface area contributed by atoms with Crippen molar-refractivity contribution in [2.45, 2.75) is 38.4 Å². The zero-order chi connectivity index (χ0) is 15.1. The molecule has 1 amide bonds. The first kappa shape index (κ1) is 13.9. The number of morpholine rings is 1. The van der Waals surface area contributed by atoms with E-state index in [1.54, 1.807) is 0 Å². The molecule has 3 fully saturated rings. The van der Waals surface area contributed by atoms with Crippen molar-refractivity contribution in [1.29, 1.82) is 0 Å². The van der Waals surface area contributed by atoms with E-state index in [9.17, 15) is 4.79 Å². The Morgan fingerprint density at radius 1 is 1.23 bits per heavy atom. The first-order valence-corrected chi connectivity index (χ1v) is 8.18. The van der Waals surface area contributed by atoms with E-state index in [1.807, 2.05) is 24.2 Å². The molecule has 4 rings (SSSR count). The van der Waals surface area contributed by atoms with Gasteiger partial charge in [0.2, 0.25) is 11.9 Å². The van der Waals surface area contributed by atoms with E-state index in [1.165, 1.54) is 0 Å². The van der Waals surface area contributed by atoms with Crippen molar-refractivity contribution in [1.82, 2.24) is 14.9 Å². The van der Waals surface area contributed by atoms with Crippen molar-refractivity contribution >= 4 is 11.9 Å². The third-order valence-corrected chi connectivity index (χ3v) is 4.94. The van der Waals surface area contributed by atoms with Gasteiger partial charge < -0.3 is 14.5 Å². The number of nitrogens with zero attached hydrogens (tertiary/aromatic N) is 4. The highest BCUT2D eigenvalue weighted by Gasteiger charge is 2.46. The summed E-state index contributed by atoms with van der Waals surface area (Å²) in [5, 5.41) is 0. The molecule has 6 heteroatoms. The van der Waals surface area contributed by atoms with Gasteiger partial charge in [0, 0.05) is 38.6 Å². The van der Waals surface area contributed by atoms with Crippen LogP contribution in [0.15, 0.2) is 12.4 Å². The minimum absolute atomic E-state index is 0.0125. The summed E-state index contributed by atoms with van der Waals surface area (Å²) in [5.41, 5.74) is 1.06. The van der Waals surface area contributed by atoms with Crippen LogP contribution in [0, 0.1) is 12.8 Å². The zero-order valence-corrected chi connectivity index (χ0v) is 12.9. The van der Waals surface area contributed by atoms with Crippen molar-refractivity contribution in [3.8, 4) is 0 Å². The first-order chi connectivity index (χ1) is 10.7. The van der Waals surface area contributed by atoms with Gasteiger partial charge in [0.05, 0.1) is 18.1 Å². The van der Waals surface area contributed by atoms with Gasteiger partial charge in [0.15, 0.2) is 0 Å². The lowest BCUT2D eigenvalue weighted by Crippen LogP contribution is -2.46. The van der Waals surface area contributed by atoms with Crippen LogP contribution in [0.4, 0.5) is 5.95 Å². The summed E-state index contributed by atoms with van der Waals surface area (Å²) >= 11 is 0. The summed E-state index contributed by atoms with van der Waals surface area (Å²) in [7, 11) is 0. The summed E-state index contributed by atoms with van der Waals surface area (Å²) in [4.78, 5) is 25.7. The lowest BCUT2D eigenvalue weighted by atomic mass is 9.99. The number of aryl methyl sites for hydroxylation is 1. The minimum Gasteiger partial charge on any atom is -0.370 e. The molecule has 3 unspecified atom stereocenters. The zero-order valence-electron chi connectivity index (χ0n) is 12.9. The smallest absolute Gasteiger partial charge is 0.228 e. The second kappa shape index (κ2) is 5.50. The van der Waals surface area contributed by atoms with Crippen molar-refractivity contribution in [3.05, 3.63) is 18.0 Å². The fourth-order valence-corrected chi connectivity index (χ4v) is 3.80. The van der Waals surface area contributed by atoms with Gasteiger partial charge >= 0.3 is 0 Å². The van der Waals surface area contributed by atoms with Gasteiger partial charge in [-0.25, -0.2) is 9.97 Å². The number of carbonyl (C=O) groups excluding carboxylic acids is 1. The normalized spacial score (nSPS) is 30.9. The van der Waals surface area contributed by atoms with Crippen LogP contribution < -0.4 is 4.90 Å². The lowest BCUT2D eigenvalue weighted by molar-refractivity contribution is -0.136. The van der Waals surface area contributed by atoms with Gasteiger partial charge in [-0.1, -0.05) is 0 Å². The second-order valence-corrected chi connectivity index (χ2v) is 6.64. The number of anilines is 1. The molecule has 3 aliphatic heterocycles. The van der Waals surface area contributed by atoms with Gasteiger partial charge in [-0.05, 0) is 31.7 Å².